The highest BCUT2D eigenvalue weighted by atomic mass is 35.5. The van der Waals surface area contributed by atoms with Crippen molar-refractivity contribution in [3.63, 3.8) is 0 Å². The predicted octanol–water partition coefficient (Wildman–Crippen LogP) is 6.04. The summed E-state index contributed by atoms with van der Waals surface area (Å²) in [7, 11) is 0. The Morgan fingerprint density at radius 2 is 1.95 bits per heavy atom. The molecule has 1 aromatic heterocycles. The molecule has 0 N–H and O–H groups in total. The van der Waals surface area contributed by atoms with Crippen LogP contribution in [0.3, 0.4) is 0 Å². The second kappa shape index (κ2) is 5.32. The topological polar surface area (TPSA) is 17.5 Å². The Morgan fingerprint density at radius 3 is 2.53 bits per heavy atom. The van der Waals surface area contributed by atoms with Gasteiger partial charge in [-0.3, -0.25) is 0 Å². The van der Waals surface area contributed by atoms with E-state index in [0.29, 0.717) is 10.8 Å². The van der Waals surface area contributed by atoms with Gasteiger partial charge in [-0.25, -0.2) is 0 Å². The fourth-order valence-electron chi connectivity index (χ4n) is 1.64. The van der Waals surface area contributed by atoms with Crippen molar-refractivity contribution in [3.05, 3.63) is 46.8 Å². The van der Waals surface area contributed by atoms with E-state index in [1.807, 2.05) is 18.2 Å². The average Bonchev–Trinajstić information content (AvgIpc) is 2.78. The lowest BCUT2D eigenvalue weighted by Gasteiger charge is -2.19. The van der Waals surface area contributed by atoms with Gasteiger partial charge in [0, 0.05) is 15.2 Å². The van der Waals surface area contributed by atoms with Gasteiger partial charge in [0.25, 0.3) is 0 Å². The number of halogens is 1. The average molecular weight is 292 g/mol. The molecule has 1 aromatic carbocycles. The predicted molar refractivity (Wildman–Crippen MR) is 81.0 cm³/mol. The van der Waals surface area contributed by atoms with Gasteiger partial charge < -0.3 is 4.42 Å². The summed E-state index contributed by atoms with van der Waals surface area (Å²) in [5, 5.41) is 0.674. The monoisotopic (exact) mass is 291 g/mol. The maximum atomic E-state index is 6.93. The molecule has 0 bridgehead atoms. The van der Waals surface area contributed by atoms with Crippen molar-refractivity contribution < 1.29 is 4.42 Å². The maximum Gasteiger partial charge on any atom is 0.346 e. The van der Waals surface area contributed by atoms with Gasteiger partial charge in [-0.05, 0) is 24.3 Å². The smallest absolute Gasteiger partial charge is 0.346 e. The highest BCUT2D eigenvalue weighted by Gasteiger charge is 2.17. The lowest BCUT2D eigenvalue weighted by molar-refractivity contribution is 0.607. The summed E-state index contributed by atoms with van der Waals surface area (Å²) in [5.74, 6) is 0.910. The third-order valence-electron chi connectivity index (χ3n) is 2.35. The molecule has 0 fully saturated rings. The number of rotatable bonds is 2. The van der Waals surface area contributed by atoms with Crippen LogP contribution in [0, 0.1) is 6.57 Å². The molecule has 0 saturated carbocycles. The molecule has 0 unspecified atom stereocenters. The van der Waals surface area contributed by atoms with E-state index in [1.165, 1.54) is 0 Å². The molecule has 19 heavy (non-hydrogen) atoms. The number of hydrogen-bond acceptors (Lipinski definition) is 2. The van der Waals surface area contributed by atoms with E-state index in [9.17, 15) is 0 Å². The van der Waals surface area contributed by atoms with Crippen molar-refractivity contribution in [1.82, 2.24) is 0 Å². The number of benzene rings is 1. The number of thioether (sulfide) groups is 1. The van der Waals surface area contributed by atoms with Crippen LogP contribution in [0.2, 0.25) is 5.02 Å². The van der Waals surface area contributed by atoms with E-state index >= 15 is 0 Å². The second-order valence-corrected chi connectivity index (χ2v) is 7.33. The molecule has 98 valence electrons. The summed E-state index contributed by atoms with van der Waals surface area (Å²) in [6, 6.07) is 9.29. The Balaban J connectivity index is 2.43. The van der Waals surface area contributed by atoms with Gasteiger partial charge in [-0.1, -0.05) is 38.4 Å². The summed E-state index contributed by atoms with van der Waals surface area (Å²) < 4.78 is 5.53. The van der Waals surface area contributed by atoms with Crippen molar-refractivity contribution in [1.29, 1.82) is 0 Å². The third-order valence-corrected chi connectivity index (χ3v) is 4.04. The number of nitrogens with zero attached hydrogens (tertiary/aromatic N) is 1. The normalized spacial score (nSPS) is 11.3. The van der Waals surface area contributed by atoms with Gasteiger partial charge in [0.15, 0.2) is 0 Å². The van der Waals surface area contributed by atoms with Crippen LogP contribution in [0.5, 0.6) is 0 Å². The van der Waals surface area contributed by atoms with Crippen molar-refractivity contribution in [2.24, 2.45) is 0 Å². The zero-order valence-electron chi connectivity index (χ0n) is 11.0. The lowest BCUT2D eigenvalue weighted by atomic mass is 10.2. The zero-order valence-corrected chi connectivity index (χ0v) is 12.6. The van der Waals surface area contributed by atoms with Crippen molar-refractivity contribution in [3.8, 4) is 11.3 Å². The zero-order chi connectivity index (χ0) is 14.0. The highest BCUT2D eigenvalue weighted by Crippen LogP contribution is 2.41. The lowest BCUT2D eigenvalue weighted by Crippen LogP contribution is -2.06. The minimum Gasteiger partial charge on any atom is -0.480 e. The Bertz CT molecular complexity index is 634. The van der Waals surface area contributed by atoms with Gasteiger partial charge in [-0.2, -0.15) is 4.85 Å². The molecule has 4 heteroatoms. The van der Waals surface area contributed by atoms with E-state index in [1.54, 1.807) is 23.9 Å². The Kier molecular flexibility index (Phi) is 3.93. The Morgan fingerprint density at radius 1 is 1.21 bits per heavy atom. The number of hydrogen-bond donors (Lipinski definition) is 0. The quantitative estimate of drug-likeness (QED) is 0.495. The van der Waals surface area contributed by atoms with Crippen molar-refractivity contribution in [2.45, 2.75) is 30.4 Å². The molecule has 2 rings (SSSR count). The molecule has 0 spiro atoms. The molecule has 2 nitrogen and oxygen atoms in total. The van der Waals surface area contributed by atoms with Crippen molar-refractivity contribution in [2.75, 3.05) is 0 Å². The van der Waals surface area contributed by atoms with Crippen LogP contribution in [0.15, 0.2) is 39.6 Å². The van der Waals surface area contributed by atoms with Crippen LogP contribution < -0.4 is 0 Å². The van der Waals surface area contributed by atoms with E-state index in [0.717, 1.165) is 10.5 Å². The molecule has 0 amide bonds. The van der Waals surface area contributed by atoms with Crippen LogP contribution >= 0.6 is 23.4 Å². The van der Waals surface area contributed by atoms with E-state index in [4.69, 9.17) is 22.6 Å². The molecular formula is C15H14ClNOS. The summed E-state index contributed by atoms with van der Waals surface area (Å²) in [5.41, 5.74) is 0.825. The first-order valence-electron chi connectivity index (χ1n) is 5.86. The fourth-order valence-corrected chi connectivity index (χ4v) is 2.98. The summed E-state index contributed by atoms with van der Waals surface area (Å²) >= 11 is 8.16. The van der Waals surface area contributed by atoms with Crippen LogP contribution in [-0.2, 0) is 0 Å². The van der Waals surface area contributed by atoms with Gasteiger partial charge in [0.05, 0.1) is 11.6 Å². The first kappa shape index (κ1) is 14.0. The fraction of sp³-hybridized carbons (Fsp3) is 0.267. The van der Waals surface area contributed by atoms with Crippen LogP contribution in [-0.4, -0.2) is 4.75 Å². The van der Waals surface area contributed by atoms with E-state index in [2.05, 4.69) is 25.6 Å². The van der Waals surface area contributed by atoms with Gasteiger partial charge in [0.1, 0.15) is 5.76 Å². The minimum absolute atomic E-state index is 0.0904. The maximum absolute atomic E-state index is 6.93. The standard InChI is InChI=1S/C15H14ClNOS/c1-15(2,3)19-12-7-5-6-10(14(12)16)11-8-9-13(17-4)18-11/h5-9H,1-3H3. The highest BCUT2D eigenvalue weighted by molar-refractivity contribution is 8.00. The third kappa shape index (κ3) is 3.34. The van der Waals surface area contributed by atoms with Crippen LogP contribution in [0.4, 0.5) is 5.88 Å². The summed E-state index contributed by atoms with van der Waals surface area (Å²) in [4.78, 5) is 4.28. The molecule has 0 radical (unpaired) electrons. The summed E-state index contributed by atoms with van der Waals surface area (Å²) in [6.07, 6.45) is 0. The Hall–Kier alpha value is -1.37. The van der Waals surface area contributed by atoms with E-state index in [-0.39, 0.29) is 10.6 Å². The molecule has 0 saturated heterocycles. The van der Waals surface area contributed by atoms with Crippen LogP contribution in [0.25, 0.3) is 16.2 Å². The first-order valence-corrected chi connectivity index (χ1v) is 7.05. The largest absolute Gasteiger partial charge is 0.480 e. The molecule has 0 atom stereocenters. The van der Waals surface area contributed by atoms with Gasteiger partial charge in [-0.15, -0.1) is 11.8 Å². The molecular weight excluding hydrogens is 278 g/mol. The van der Waals surface area contributed by atoms with Crippen LogP contribution in [0.1, 0.15) is 20.8 Å². The molecule has 0 aliphatic carbocycles. The molecule has 1 heterocycles. The van der Waals surface area contributed by atoms with Gasteiger partial charge >= 0.3 is 5.88 Å². The summed E-state index contributed by atoms with van der Waals surface area (Å²) in [6.45, 7) is 13.4. The number of furan rings is 1. The minimum atomic E-state index is 0.0904. The molecule has 2 aromatic rings. The second-order valence-electron chi connectivity index (χ2n) is 5.08. The molecule has 0 aliphatic heterocycles. The Labute approximate surface area is 122 Å². The SMILES string of the molecule is [C-]#[N+]c1ccc(-c2cccc(SC(C)(C)C)c2Cl)o1. The first-order chi connectivity index (χ1) is 8.90. The molecule has 0 aliphatic rings. The van der Waals surface area contributed by atoms with Gasteiger partial charge in [0.2, 0.25) is 0 Å². The van der Waals surface area contributed by atoms with Crippen molar-refractivity contribution >= 4 is 29.2 Å². The van der Waals surface area contributed by atoms with E-state index < -0.39 is 0 Å².